The Morgan fingerprint density at radius 2 is 1.67 bits per heavy atom. The third kappa shape index (κ3) is 5.62. The van der Waals surface area contributed by atoms with E-state index in [9.17, 15) is 13.2 Å². The fourth-order valence-electron chi connectivity index (χ4n) is 3.34. The van der Waals surface area contributed by atoms with Gasteiger partial charge in [0.15, 0.2) is 0 Å². The second-order valence-electron chi connectivity index (χ2n) is 7.53. The second kappa shape index (κ2) is 9.23. The number of pyridine rings is 2. The largest absolute Gasteiger partial charge is 0.433 e. The lowest BCUT2D eigenvalue weighted by molar-refractivity contribution is -0.141. The molecule has 0 spiro atoms. The molecule has 9 heteroatoms. The van der Waals surface area contributed by atoms with Gasteiger partial charge in [0.2, 0.25) is 5.95 Å². The molecule has 2 N–H and O–H groups in total. The predicted octanol–water partition coefficient (Wildman–Crippen LogP) is 6.18. The second-order valence-corrected chi connectivity index (χ2v) is 7.53. The summed E-state index contributed by atoms with van der Waals surface area (Å²) in [6.07, 6.45) is -0.0106. The van der Waals surface area contributed by atoms with Gasteiger partial charge in [-0.1, -0.05) is 12.1 Å². The maximum Gasteiger partial charge on any atom is 0.433 e. The summed E-state index contributed by atoms with van der Waals surface area (Å²) in [5.74, 6) is 0.561. The number of nitrogens with zero attached hydrogens (tertiary/aromatic N) is 4. The van der Waals surface area contributed by atoms with E-state index in [1.54, 1.807) is 12.4 Å². The molecule has 6 nitrogen and oxygen atoms in total. The van der Waals surface area contributed by atoms with Crippen molar-refractivity contribution in [1.82, 2.24) is 19.9 Å². The van der Waals surface area contributed by atoms with Crippen molar-refractivity contribution < 1.29 is 13.2 Å². The molecule has 0 amide bonds. The maximum absolute atomic E-state index is 13.0. The Hall–Kier alpha value is -4.01. The van der Waals surface area contributed by atoms with Crippen LogP contribution in [0.15, 0.2) is 73.2 Å². The van der Waals surface area contributed by atoms with Crippen LogP contribution in [0, 0.1) is 6.92 Å². The summed E-state index contributed by atoms with van der Waals surface area (Å²) < 4.78 is 38.9. The van der Waals surface area contributed by atoms with Crippen LogP contribution in [-0.4, -0.2) is 19.9 Å². The predicted molar refractivity (Wildman–Crippen MR) is 121 cm³/mol. The molecular formula is C24H21F3N6. The molecule has 0 radical (unpaired) electrons. The van der Waals surface area contributed by atoms with Crippen molar-refractivity contribution in [2.45, 2.75) is 26.1 Å². The van der Waals surface area contributed by atoms with Gasteiger partial charge in [0.05, 0.1) is 11.7 Å². The van der Waals surface area contributed by atoms with Crippen LogP contribution in [-0.2, 0) is 6.18 Å². The zero-order chi connectivity index (χ0) is 23.4. The van der Waals surface area contributed by atoms with E-state index >= 15 is 0 Å². The van der Waals surface area contributed by atoms with E-state index in [4.69, 9.17) is 0 Å². The first-order valence-electron chi connectivity index (χ1n) is 10.2. The summed E-state index contributed by atoms with van der Waals surface area (Å²) in [5, 5.41) is 6.22. The smallest absolute Gasteiger partial charge is 0.362 e. The highest BCUT2D eigenvalue weighted by molar-refractivity contribution is 5.72. The fraction of sp³-hybridized carbons (Fsp3) is 0.167. The number of alkyl halides is 3. The van der Waals surface area contributed by atoms with Gasteiger partial charge in [-0.25, -0.2) is 15.0 Å². The Labute approximate surface area is 189 Å². The third-order valence-corrected chi connectivity index (χ3v) is 4.87. The number of aromatic nitrogens is 4. The Morgan fingerprint density at radius 1 is 0.848 bits per heavy atom. The molecule has 0 aliphatic heterocycles. The number of benzene rings is 1. The van der Waals surface area contributed by atoms with Gasteiger partial charge in [-0.2, -0.15) is 13.2 Å². The average molecular weight is 450 g/mol. The van der Waals surface area contributed by atoms with Crippen molar-refractivity contribution in [1.29, 1.82) is 0 Å². The van der Waals surface area contributed by atoms with Crippen LogP contribution < -0.4 is 10.6 Å². The number of aryl methyl sites for hydroxylation is 1. The van der Waals surface area contributed by atoms with E-state index in [0.29, 0.717) is 11.5 Å². The average Bonchev–Trinajstić information content (AvgIpc) is 2.79. The first-order valence-corrected chi connectivity index (χ1v) is 10.2. The number of hydrogen-bond donors (Lipinski definition) is 2. The lowest BCUT2D eigenvalue weighted by Gasteiger charge is -2.15. The highest BCUT2D eigenvalue weighted by Crippen LogP contribution is 2.30. The van der Waals surface area contributed by atoms with Crippen LogP contribution in [0.1, 0.15) is 29.9 Å². The Bertz CT molecular complexity index is 1240. The van der Waals surface area contributed by atoms with Gasteiger partial charge in [0, 0.05) is 24.3 Å². The maximum atomic E-state index is 13.0. The number of halogens is 3. The van der Waals surface area contributed by atoms with Crippen molar-refractivity contribution in [2.24, 2.45) is 0 Å². The van der Waals surface area contributed by atoms with Crippen molar-refractivity contribution in [2.75, 3.05) is 10.6 Å². The zero-order valence-electron chi connectivity index (χ0n) is 17.9. The quantitative estimate of drug-likeness (QED) is 0.366. The lowest BCUT2D eigenvalue weighted by Crippen LogP contribution is -2.10. The first-order chi connectivity index (χ1) is 15.8. The normalized spacial score (nSPS) is 12.3. The summed E-state index contributed by atoms with van der Waals surface area (Å²) in [5.41, 5.74) is 3.18. The highest BCUT2D eigenvalue weighted by Gasteiger charge is 2.32. The minimum Gasteiger partial charge on any atom is -0.362 e. The topological polar surface area (TPSA) is 75.6 Å². The van der Waals surface area contributed by atoms with Crippen molar-refractivity contribution >= 4 is 17.5 Å². The molecule has 1 atom stereocenters. The first kappa shape index (κ1) is 22.2. The summed E-state index contributed by atoms with van der Waals surface area (Å²) >= 11 is 0. The standard InChI is InChI=1S/C24H21F3N6/c1-15-11-18(13-19(12-15)32-23-30-10-7-21(33-23)24(25,26)27)17-6-9-29-22(14-17)31-16(2)20-5-3-4-8-28-20/h3-14,16H,1-2H3,(H,29,31)(H,30,32,33). The van der Waals surface area contributed by atoms with Crippen LogP contribution in [0.3, 0.4) is 0 Å². The molecule has 0 saturated carbocycles. The SMILES string of the molecule is Cc1cc(Nc2nccc(C(F)(F)F)n2)cc(-c2ccnc(NC(C)c3ccccn3)c2)c1. The van der Waals surface area contributed by atoms with Gasteiger partial charge in [0.1, 0.15) is 11.5 Å². The zero-order valence-corrected chi connectivity index (χ0v) is 17.9. The Balaban J connectivity index is 1.57. The van der Waals surface area contributed by atoms with Crippen molar-refractivity contribution in [3.8, 4) is 11.1 Å². The molecule has 3 heterocycles. The molecule has 4 rings (SSSR count). The van der Waals surface area contributed by atoms with E-state index in [1.165, 1.54) is 0 Å². The third-order valence-electron chi connectivity index (χ3n) is 4.87. The molecule has 1 unspecified atom stereocenters. The van der Waals surface area contributed by atoms with Crippen LogP contribution in [0.5, 0.6) is 0 Å². The van der Waals surface area contributed by atoms with Crippen LogP contribution in [0.25, 0.3) is 11.1 Å². The monoisotopic (exact) mass is 450 g/mol. The van der Waals surface area contributed by atoms with Crippen molar-refractivity contribution in [3.05, 3.63) is 90.1 Å². The van der Waals surface area contributed by atoms with E-state index in [-0.39, 0.29) is 12.0 Å². The molecule has 1 aromatic carbocycles. The number of rotatable bonds is 6. The lowest BCUT2D eigenvalue weighted by atomic mass is 10.0. The number of anilines is 3. The molecule has 4 aromatic rings. The molecule has 33 heavy (non-hydrogen) atoms. The minimum atomic E-state index is -4.54. The van der Waals surface area contributed by atoms with E-state index in [2.05, 4.69) is 30.6 Å². The van der Waals surface area contributed by atoms with Gasteiger partial charge in [-0.3, -0.25) is 4.98 Å². The van der Waals surface area contributed by atoms with E-state index in [0.717, 1.165) is 34.6 Å². The Kier molecular flexibility index (Phi) is 6.21. The molecular weight excluding hydrogens is 429 g/mol. The molecule has 3 aromatic heterocycles. The van der Waals surface area contributed by atoms with Gasteiger partial charge in [0.25, 0.3) is 0 Å². The van der Waals surface area contributed by atoms with Gasteiger partial charge in [-0.05, 0) is 73.0 Å². The molecule has 0 fully saturated rings. The highest BCUT2D eigenvalue weighted by atomic mass is 19.4. The van der Waals surface area contributed by atoms with Crippen LogP contribution in [0.2, 0.25) is 0 Å². The van der Waals surface area contributed by atoms with Gasteiger partial charge in [-0.15, -0.1) is 0 Å². The van der Waals surface area contributed by atoms with Gasteiger partial charge < -0.3 is 10.6 Å². The molecule has 0 aliphatic carbocycles. The molecule has 168 valence electrons. The van der Waals surface area contributed by atoms with Crippen LogP contribution in [0.4, 0.5) is 30.6 Å². The summed E-state index contributed by atoms with van der Waals surface area (Å²) in [6.45, 7) is 3.91. The summed E-state index contributed by atoms with van der Waals surface area (Å²) in [4.78, 5) is 16.2. The summed E-state index contributed by atoms with van der Waals surface area (Å²) in [6, 6.07) is 16.0. The van der Waals surface area contributed by atoms with Crippen LogP contribution >= 0.6 is 0 Å². The van der Waals surface area contributed by atoms with Gasteiger partial charge >= 0.3 is 6.18 Å². The molecule has 0 saturated heterocycles. The van der Waals surface area contributed by atoms with E-state index < -0.39 is 11.9 Å². The molecule has 0 bridgehead atoms. The number of nitrogens with one attached hydrogen (secondary N) is 2. The summed E-state index contributed by atoms with van der Waals surface area (Å²) in [7, 11) is 0. The Morgan fingerprint density at radius 3 is 2.42 bits per heavy atom. The fourth-order valence-corrected chi connectivity index (χ4v) is 3.34. The van der Waals surface area contributed by atoms with E-state index in [1.807, 2.05) is 62.4 Å². The molecule has 0 aliphatic rings. The minimum absolute atomic E-state index is 0.0401. The van der Waals surface area contributed by atoms with Crippen molar-refractivity contribution in [3.63, 3.8) is 0 Å². The number of hydrogen-bond acceptors (Lipinski definition) is 6.